The zero-order valence-corrected chi connectivity index (χ0v) is 14.7. The summed E-state index contributed by atoms with van der Waals surface area (Å²) >= 11 is 0. The van der Waals surface area contributed by atoms with Gasteiger partial charge in [-0.2, -0.15) is 0 Å². The summed E-state index contributed by atoms with van der Waals surface area (Å²) in [5.41, 5.74) is 7.87. The first kappa shape index (κ1) is 17.0. The maximum atomic E-state index is 12.4. The van der Waals surface area contributed by atoms with Crippen LogP contribution in [0.1, 0.15) is 53.4 Å². The lowest BCUT2D eigenvalue weighted by Crippen LogP contribution is -2.23. The number of carbonyl (C=O) groups excluding carboxylic acids is 1. The number of hydrogen-bond donors (Lipinski definition) is 1. The molecule has 2 nitrogen and oxygen atoms in total. The molecule has 0 aliphatic carbocycles. The third kappa shape index (κ3) is 4.32. The first-order valence-electron chi connectivity index (χ1n) is 7.97. The van der Waals surface area contributed by atoms with Gasteiger partial charge in [0.1, 0.15) is 0 Å². The first-order valence-corrected chi connectivity index (χ1v) is 7.97. The zero-order valence-electron chi connectivity index (χ0n) is 14.7. The van der Waals surface area contributed by atoms with Crippen molar-refractivity contribution in [3.63, 3.8) is 0 Å². The van der Waals surface area contributed by atoms with Crippen molar-refractivity contribution in [2.45, 2.75) is 41.2 Å². The molecule has 0 aliphatic heterocycles. The summed E-state index contributed by atoms with van der Waals surface area (Å²) < 4.78 is 0. The van der Waals surface area contributed by atoms with Crippen LogP contribution in [0.4, 0.5) is 0 Å². The molecule has 0 spiro atoms. The van der Waals surface area contributed by atoms with Crippen LogP contribution in [-0.2, 0) is 6.54 Å². The van der Waals surface area contributed by atoms with Crippen LogP contribution in [0.15, 0.2) is 48.0 Å². The number of amides is 1. The van der Waals surface area contributed by atoms with Gasteiger partial charge in [-0.15, -0.1) is 0 Å². The van der Waals surface area contributed by atoms with E-state index in [1.807, 2.05) is 30.3 Å². The minimum atomic E-state index is -0.0330. The average molecular weight is 307 g/mol. The molecule has 1 N–H and O–H groups in total. The maximum absolute atomic E-state index is 12.4. The fourth-order valence-corrected chi connectivity index (χ4v) is 2.54. The molecule has 1 amide bonds. The molecule has 0 bridgehead atoms. The monoisotopic (exact) mass is 307 g/mol. The van der Waals surface area contributed by atoms with Gasteiger partial charge in [-0.3, -0.25) is 4.79 Å². The van der Waals surface area contributed by atoms with Gasteiger partial charge in [0.05, 0.1) is 0 Å². The second-order valence-electron chi connectivity index (χ2n) is 6.33. The average Bonchev–Trinajstić information content (AvgIpc) is 2.52. The van der Waals surface area contributed by atoms with Gasteiger partial charge in [0.25, 0.3) is 5.91 Å². The number of carbonyl (C=O) groups is 1. The van der Waals surface area contributed by atoms with E-state index < -0.39 is 0 Å². The maximum Gasteiger partial charge on any atom is 0.251 e. The van der Waals surface area contributed by atoms with E-state index in [-0.39, 0.29) is 5.91 Å². The van der Waals surface area contributed by atoms with Crippen molar-refractivity contribution in [1.29, 1.82) is 0 Å². The van der Waals surface area contributed by atoms with Crippen molar-refractivity contribution in [3.8, 4) is 0 Å². The fourth-order valence-electron chi connectivity index (χ4n) is 2.54. The molecule has 0 fully saturated rings. The van der Waals surface area contributed by atoms with Gasteiger partial charge in [0, 0.05) is 12.1 Å². The van der Waals surface area contributed by atoms with Crippen LogP contribution in [0.3, 0.4) is 0 Å². The second-order valence-corrected chi connectivity index (χ2v) is 6.33. The van der Waals surface area contributed by atoms with Crippen LogP contribution in [0.5, 0.6) is 0 Å². The Morgan fingerprint density at radius 1 is 1.00 bits per heavy atom. The molecule has 2 rings (SSSR count). The first-order chi connectivity index (χ1) is 10.9. The molecule has 0 aromatic heterocycles. The molecule has 2 heteroatoms. The van der Waals surface area contributed by atoms with Crippen molar-refractivity contribution in [2.24, 2.45) is 0 Å². The zero-order chi connectivity index (χ0) is 17.0. The van der Waals surface area contributed by atoms with Crippen LogP contribution in [-0.4, -0.2) is 5.91 Å². The van der Waals surface area contributed by atoms with Gasteiger partial charge < -0.3 is 5.32 Å². The van der Waals surface area contributed by atoms with E-state index >= 15 is 0 Å². The summed E-state index contributed by atoms with van der Waals surface area (Å²) in [7, 11) is 0. The summed E-state index contributed by atoms with van der Waals surface area (Å²) in [5.74, 6) is -0.0330. The van der Waals surface area contributed by atoms with E-state index in [1.165, 1.54) is 22.3 Å². The molecule has 0 saturated heterocycles. The van der Waals surface area contributed by atoms with Crippen molar-refractivity contribution >= 4 is 11.5 Å². The van der Waals surface area contributed by atoms with Gasteiger partial charge in [-0.1, -0.05) is 41.5 Å². The number of allylic oxidation sites excluding steroid dienone is 2. The largest absolute Gasteiger partial charge is 0.348 e. The van der Waals surface area contributed by atoms with Crippen molar-refractivity contribution in [3.05, 3.63) is 75.9 Å². The highest BCUT2D eigenvalue weighted by Gasteiger charge is 2.09. The third-order valence-corrected chi connectivity index (χ3v) is 4.19. The number of aryl methyl sites for hydroxylation is 2. The van der Waals surface area contributed by atoms with Crippen LogP contribution < -0.4 is 5.32 Å². The number of hydrogen-bond acceptors (Lipinski definition) is 1. The highest BCUT2D eigenvalue weighted by molar-refractivity contribution is 5.95. The summed E-state index contributed by atoms with van der Waals surface area (Å²) in [6, 6.07) is 14.1. The molecule has 0 saturated carbocycles. The SMILES string of the molecule is CC(C)=C(C)c1cc(C(=O)NCc2cccc(C)c2)ccc1C. The Balaban J connectivity index is 2.17. The van der Waals surface area contributed by atoms with E-state index in [4.69, 9.17) is 0 Å². The van der Waals surface area contributed by atoms with Crippen LogP contribution >= 0.6 is 0 Å². The fraction of sp³-hybridized carbons (Fsp3) is 0.286. The quantitative estimate of drug-likeness (QED) is 0.841. The molecule has 0 radical (unpaired) electrons. The second kappa shape index (κ2) is 7.28. The highest BCUT2D eigenvalue weighted by Crippen LogP contribution is 2.23. The van der Waals surface area contributed by atoms with Crippen LogP contribution in [0, 0.1) is 13.8 Å². The minimum absolute atomic E-state index is 0.0330. The van der Waals surface area contributed by atoms with Gasteiger partial charge in [-0.25, -0.2) is 0 Å². The Bertz CT molecular complexity index is 752. The van der Waals surface area contributed by atoms with Gasteiger partial charge >= 0.3 is 0 Å². The standard InChI is InChI=1S/C21H25NO/c1-14(2)17(5)20-12-19(10-9-16(20)4)21(23)22-13-18-8-6-7-15(3)11-18/h6-12H,13H2,1-5H3,(H,22,23). The van der Waals surface area contributed by atoms with Gasteiger partial charge in [-0.05, 0) is 69.0 Å². The van der Waals surface area contributed by atoms with Crippen molar-refractivity contribution < 1.29 is 4.79 Å². The van der Waals surface area contributed by atoms with Crippen molar-refractivity contribution in [2.75, 3.05) is 0 Å². The lowest BCUT2D eigenvalue weighted by atomic mass is 9.96. The predicted octanol–water partition coefficient (Wildman–Crippen LogP) is 5.05. The predicted molar refractivity (Wildman–Crippen MR) is 97.5 cm³/mol. The molecule has 120 valence electrons. The summed E-state index contributed by atoms with van der Waals surface area (Å²) in [6.45, 7) is 11.0. The van der Waals surface area contributed by atoms with E-state index in [9.17, 15) is 4.79 Å². The molecular formula is C21H25NO. The Morgan fingerprint density at radius 2 is 1.74 bits per heavy atom. The Morgan fingerprint density at radius 3 is 2.39 bits per heavy atom. The molecule has 2 aromatic rings. The number of rotatable bonds is 4. The van der Waals surface area contributed by atoms with Gasteiger partial charge in [0.2, 0.25) is 0 Å². The van der Waals surface area contributed by atoms with E-state index in [2.05, 4.69) is 52.1 Å². The molecular weight excluding hydrogens is 282 g/mol. The minimum Gasteiger partial charge on any atom is -0.348 e. The number of nitrogens with one attached hydrogen (secondary N) is 1. The van der Waals surface area contributed by atoms with Crippen LogP contribution in [0.2, 0.25) is 0 Å². The molecule has 0 heterocycles. The lowest BCUT2D eigenvalue weighted by molar-refractivity contribution is 0.0951. The summed E-state index contributed by atoms with van der Waals surface area (Å²) in [4.78, 5) is 12.4. The lowest BCUT2D eigenvalue weighted by Gasteiger charge is -2.12. The topological polar surface area (TPSA) is 29.1 Å². The van der Waals surface area contributed by atoms with E-state index in [1.54, 1.807) is 0 Å². The summed E-state index contributed by atoms with van der Waals surface area (Å²) in [5, 5.41) is 3.00. The van der Waals surface area contributed by atoms with Crippen molar-refractivity contribution in [1.82, 2.24) is 5.32 Å². The smallest absolute Gasteiger partial charge is 0.251 e. The molecule has 2 aromatic carbocycles. The van der Waals surface area contributed by atoms with Gasteiger partial charge in [0.15, 0.2) is 0 Å². The number of benzene rings is 2. The molecule has 0 aliphatic rings. The van der Waals surface area contributed by atoms with E-state index in [0.717, 1.165) is 11.1 Å². The molecule has 0 unspecified atom stereocenters. The Hall–Kier alpha value is -2.35. The molecule has 23 heavy (non-hydrogen) atoms. The third-order valence-electron chi connectivity index (χ3n) is 4.19. The van der Waals surface area contributed by atoms with E-state index in [0.29, 0.717) is 12.1 Å². The molecule has 0 atom stereocenters. The van der Waals surface area contributed by atoms with Crippen LogP contribution in [0.25, 0.3) is 5.57 Å². The highest BCUT2D eigenvalue weighted by atomic mass is 16.1. The normalized spacial score (nSPS) is 10.3. The Kier molecular flexibility index (Phi) is 5.38. The summed E-state index contributed by atoms with van der Waals surface area (Å²) in [6.07, 6.45) is 0. The Labute approximate surface area is 139 Å².